The van der Waals surface area contributed by atoms with Crippen molar-refractivity contribution >= 4 is 49.4 Å². The molecule has 0 saturated heterocycles. The fourth-order valence-electron chi connectivity index (χ4n) is 7.24. The van der Waals surface area contributed by atoms with E-state index in [4.69, 9.17) is 0 Å². The second-order valence-corrected chi connectivity index (χ2v) is 12.6. The number of hydrogen-bond acceptors (Lipinski definition) is 1. The highest BCUT2D eigenvalue weighted by atomic mass is 15.1. The molecule has 230 valence electrons. The molecule has 0 heterocycles. The molecule has 9 aromatic carbocycles. The van der Waals surface area contributed by atoms with Crippen molar-refractivity contribution in [2.45, 2.75) is 0 Å². The van der Waals surface area contributed by atoms with Crippen LogP contribution < -0.4 is 4.90 Å². The Kier molecular flexibility index (Phi) is 7.22. The van der Waals surface area contributed by atoms with Crippen LogP contribution in [0.15, 0.2) is 200 Å². The second kappa shape index (κ2) is 12.3. The summed E-state index contributed by atoms with van der Waals surface area (Å²) in [7, 11) is 0. The lowest BCUT2D eigenvalue weighted by Crippen LogP contribution is -2.10. The van der Waals surface area contributed by atoms with E-state index in [1.807, 2.05) is 0 Å². The van der Waals surface area contributed by atoms with Crippen LogP contribution in [-0.4, -0.2) is 0 Å². The van der Waals surface area contributed by atoms with Gasteiger partial charge in [-0.3, -0.25) is 0 Å². The van der Waals surface area contributed by atoms with Gasteiger partial charge in [-0.1, -0.05) is 158 Å². The van der Waals surface area contributed by atoms with Gasteiger partial charge >= 0.3 is 0 Å². The van der Waals surface area contributed by atoms with Crippen molar-refractivity contribution < 1.29 is 0 Å². The van der Waals surface area contributed by atoms with Gasteiger partial charge in [0.05, 0.1) is 0 Å². The van der Waals surface area contributed by atoms with Gasteiger partial charge in [0.15, 0.2) is 0 Å². The third kappa shape index (κ3) is 5.32. The quantitative estimate of drug-likeness (QED) is 0.167. The van der Waals surface area contributed by atoms with Gasteiger partial charge in [-0.05, 0) is 108 Å². The summed E-state index contributed by atoms with van der Waals surface area (Å²) >= 11 is 0. The van der Waals surface area contributed by atoms with Crippen molar-refractivity contribution in [3.05, 3.63) is 200 Å². The first kappa shape index (κ1) is 28.8. The predicted octanol–water partition coefficient (Wildman–Crippen LogP) is 13.6. The Labute approximate surface area is 287 Å². The van der Waals surface area contributed by atoms with Crippen molar-refractivity contribution in [3.8, 4) is 33.4 Å². The zero-order valence-corrected chi connectivity index (χ0v) is 27.0. The fourth-order valence-corrected chi connectivity index (χ4v) is 7.24. The van der Waals surface area contributed by atoms with Gasteiger partial charge in [0.1, 0.15) is 0 Å². The molecule has 0 saturated carbocycles. The maximum Gasteiger partial charge on any atom is 0.0467 e. The Bertz CT molecular complexity index is 2570. The van der Waals surface area contributed by atoms with Gasteiger partial charge in [-0.15, -0.1) is 0 Å². The molecule has 9 aromatic rings. The minimum atomic E-state index is 1.11. The van der Waals surface area contributed by atoms with Gasteiger partial charge in [-0.2, -0.15) is 0 Å². The summed E-state index contributed by atoms with van der Waals surface area (Å²) in [4.78, 5) is 2.36. The molecule has 1 heteroatoms. The summed E-state index contributed by atoms with van der Waals surface area (Å²) in [5, 5.41) is 7.66. The maximum atomic E-state index is 2.36. The van der Waals surface area contributed by atoms with Crippen molar-refractivity contribution in [2.24, 2.45) is 0 Å². The number of benzene rings is 9. The van der Waals surface area contributed by atoms with Crippen molar-refractivity contribution in [1.29, 1.82) is 0 Å². The Morgan fingerprint density at radius 2 is 0.796 bits per heavy atom. The number of fused-ring (bicyclic) bond motifs is 5. The number of rotatable bonds is 6. The molecule has 49 heavy (non-hydrogen) atoms. The molecule has 0 aliphatic carbocycles. The summed E-state index contributed by atoms with van der Waals surface area (Å²) in [5.41, 5.74) is 10.6. The molecular weight excluding hydrogens is 591 g/mol. The molecule has 0 aliphatic heterocycles. The Morgan fingerprint density at radius 3 is 1.49 bits per heavy atom. The molecule has 9 rings (SSSR count). The highest BCUT2D eigenvalue weighted by molar-refractivity contribution is 6.23. The summed E-state index contributed by atoms with van der Waals surface area (Å²) < 4.78 is 0. The molecule has 1 nitrogen and oxygen atoms in total. The molecule has 0 atom stereocenters. The first-order chi connectivity index (χ1) is 24.3. The third-order valence-electron chi connectivity index (χ3n) is 9.63. The lowest BCUT2D eigenvalue weighted by molar-refractivity contribution is 1.28. The highest BCUT2D eigenvalue weighted by Crippen LogP contribution is 2.42. The lowest BCUT2D eigenvalue weighted by atomic mass is 9.90. The number of nitrogens with zero attached hydrogens (tertiary/aromatic N) is 1. The smallest absolute Gasteiger partial charge is 0.0467 e. The van der Waals surface area contributed by atoms with E-state index in [1.165, 1.54) is 65.7 Å². The Hall–Kier alpha value is -6.44. The zero-order valence-electron chi connectivity index (χ0n) is 27.0. The van der Waals surface area contributed by atoms with Gasteiger partial charge in [-0.25, -0.2) is 0 Å². The summed E-state index contributed by atoms with van der Waals surface area (Å²) in [5.74, 6) is 0. The maximum absolute atomic E-state index is 2.36. The standard InChI is InChI=1S/C48H33N/c1-3-12-34(13-4-1)36-22-27-41(28-23-36)49(43-19-11-18-39(32-43)35-14-5-2-6-15-35)42-29-24-38(25-30-42)47-33-40-17-8-9-20-44(40)46-31-26-37-16-7-10-21-45(37)48(46)47/h1-33H. The molecule has 0 unspecified atom stereocenters. The second-order valence-electron chi connectivity index (χ2n) is 12.6. The van der Waals surface area contributed by atoms with E-state index >= 15 is 0 Å². The monoisotopic (exact) mass is 623 g/mol. The molecule has 0 spiro atoms. The van der Waals surface area contributed by atoms with E-state index in [-0.39, 0.29) is 0 Å². The summed E-state index contributed by atoms with van der Waals surface area (Å²) in [6.07, 6.45) is 0. The highest BCUT2D eigenvalue weighted by Gasteiger charge is 2.16. The van der Waals surface area contributed by atoms with E-state index in [0.29, 0.717) is 0 Å². The molecule has 0 bridgehead atoms. The predicted molar refractivity (Wildman–Crippen MR) is 210 cm³/mol. The van der Waals surface area contributed by atoms with Crippen LogP contribution in [0.2, 0.25) is 0 Å². The van der Waals surface area contributed by atoms with Crippen molar-refractivity contribution in [3.63, 3.8) is 0 Å². The van der Waals surface area contributed by atoms with Crippen molar-refractivity contribution in [2.75, 3.05) is 4.90 Å². The molecule has 0 fully saturated rings. The molecule has 0 aromatic heterocycles. The van der Waals surface area contributed by atoms with E-state index in [1.54, 1.807) is 0 Å². The SMILES string of the molecule is c1ccc(-c2ccc(N(c3ccc(-c4cc5ccccc5c5ccc6ccccc6c45)cc3)c3cccc(-c4ccccc4)c3)cc2)cc1. The summed E-state index contributed by atoms with van der Waals surface area (Å²) in [6, 6.07) is 72.4. The van der Waals surface area contributed by atoms with Crippen molar-refractivity contribution in [1.82, 2.24) is 0 Å². The van der Waals surface area contributed by atoms with Crippen LogP contribution in [0.4, 0.5) is 17.1 Å². The van der Waals surface area contributed by atoms with Crippen LogP contribution in [0.5, 0.6) is 0 Å². The first-order valence-electron chi connectivity index (χ1n) is 16.8. The van der Waals surface area contributed by atoms with E-state index in [2.05, 4.69) is 205 Å². The molecule has 0 amide bonds. The average Bonchev–Trinajstić information content (AvgIpc) is 3.19. The molecule has 0 N–H and O–H groups in total. The van der Waals surface area contributed by atoms with Gasteiger partial charge in [0.25, 0.3) is 0 Å². The molecule has 0 radical (unpaired) electrons. The van der Waals surface area contributed by atoms with Crippen LogP contribution in [0.25, 0.3) is 65.7 Å². The van der Waals surface area contributed by atoms with Gasteiger partial charge in [0, 0.05) is 17.1 Å². The van der Waals surface area contributed by atoms with Crippen LogP contribution in [0, 0.1) is 0 Å². The minimum absolute atomic E-state index is 1.11. The van der Waals surface area contributed by atoms with Gasteiger partial charge < -0.3 is 4.90 Å². The minimum Gasteiger partial charge on any atom is -0.310 e. The van der Waals surface area contributed by atoms with Gasteiger partial charge in [0.2, 0.25) is 0 Å². The fraction of sp³-hybridized carbons (Fsp3) is 0. The average molecular weight is 624 g/mol. The topological polar surface area (TPSA) is 3.24 Å². The van der Waals surface area contributed by atoms with E-state index < -0.39 is 0 Å². The Balaban J connectivity index is 1.19. The van der Waals surface area contributed by atoms with Crippen LogP contribution in [0.1, 0.15) is 0 Å². The number of anilines is 3. The summed E-state index contributed by atoms with van der Waals surface area (Å²) in [6.45, 7) is 0. The Morgan fingerprint density at radius 1 is 0.265 bits per heavy atom. The van der Waals surface area contributed by atoms with E-state index in [9.17, 15) is 0 Å². The van der Waals surface area contributed by atoms with Crippen LogP contribution in [0.3, 0.4) is 0 Å². The zero-order chi connectivity index (χ0) is 32.6. The lowest BCUT2D eigenvalue weighted by Gasteiger charge is -2.26. The number of hydrogen-bond donors (Lipinski definition) is 0. The molecular formula is C48H33N. The van der Waals surface area contributed by atoms with Crippen LogP contribution >= 0.6 is 0 Å². The van der Waals surface area contributed by atoms with E-state index in [0.717, 1.165) is 17.1 Å². The third-order valence-corrected chi connectivity index (χ3v) is 9.63. The first-order valence-corrected chi connectivity index (χ1v) is 16.8. The molecule has 0 aliphatic rings. The largest absolute Gasteiger partial charge is 0.310 e. The van der Waals surface area contributed by atoms with Crippen LogP contribution in [-0.2, 0) is 0 Å². The normalized spacial score (nSPS) is 11.3.